The number of anilines is 1. The number of benzene rings is 2. The number of carbonyl (C=O) groups is 1. The van der Waals surface area contributed by atoms with Gasteiger partial charge in [0, 0.05) is 37.2 Å². The Balaban J connectivity index is 1.55. The largest absolute Gasteiger partial charge is 0.459 e. The zero-order valence-electron chi connectivity index (χ0n) is 20.1. The van der Waals surface area contributed by atoms with E-state index >= 15 is 0 Å². The van der Waals surface area contributed by atoms with Crippen LogP contribution in [0.15, 0.2) is 75.8 Å². The minimum atomic E-state index is -3.29. The van der Waals surface area contributed by atoms with Gasteiger partial charge >= 0.3 is 5.97 Å². The summed E-state index contributed by atoms with van der Waals surface area (Å²) in [5.74, 6) is -0.0538. The number of hydrogen-bond donors (Lipinski definition) is 0. The third-order valence-corrected chi connectivity index (χ3v) is 7.95. The highest BCUT2D eigenvalue weighted by molar-refractivity contribution is 7.91. The van der Waals surface area contributed by atoms with Gasteiger partial charge in [0.2, 0.25) is 0 Å². The van der Waals surface area contributed by atoms with Crippen molar-refractivity contribution >= 4 is 32.9 Å². The summed E-state index contributed by atoms with van der Waals surface area (Å²) >= 11 is 0. The Labute approximate surface area is 202 Å². The number of esters is 1. The minimum absolute atomic E-state index is 0.0649. The molecule has 0 N–H and O–H groups in total. The van der Waals surface area contributed by atoms with E-state index in [0.29, 0.717) is 21.8 Å². The van der Waals surface area contributed by atoms with Crippen molar-refractivity contribution in [3.8, 4) is 0 Å². The monoisotopic (exact) mass is 483 g/mol. The van der Waals surface area contributed by atoms with Crippen molar-refractivity contribution in [2.45, 2.75) is 51.0 Å². The van der Waals surface area contributed by atoms with Crippen LogP contribution in [0, 0.1) is 5.92 Å². The molecule has 2 aromatic rings. The summed E-state index contributed by atoms with van der Waals surface area (Å²) in [7, 11) is -3.29. The van der Waals surface area contributed by atoms with Crippen LogP contribution in [0.2, 0.25) is 0 Å². The highest BCUT2D eigenvalue weighted by atomic mass is 32.2. The van der Waals surface area contributed by atoms with E-state index in [-0.39, 0.29) is 23.7 Å². The maximum absolute atomic E-state index is 12.5. The molecule has 0 saturated carbocycles. The molecule has 0 unspecified atom stereocenters. The number of azo groups is 1. The molecule has 1 aliphatic rings. The molecule has 8 heteroatoms. The molecule has 0 aromatic heterocycles. The lowest BCUT2D eigenvalue weighted by molar-refractivity contribution is -0.145. The van der Waals surface area contributed by atoms with Crippen molar-refractivity contribution in [1.29, 1.82) is 0 Å². The third kappa shape index (κ3) is 7.00. The Bertz CT molecular complexity index is 1120. The second kappa shape index (κ2) is 11.4. The Hall–Kier alpha value is -3.00. The first-order chi connectivity index (χ1) is 16.2. The van der Waals surface area contributed by atoms with Crippen LogP contribution >= 0.6 is 0 Å². The first kappa shape index (κ1) is 25.6. The number of hydrogen-bond acceptors (Lipinski definition) is 7. The quantitative estimate of drug-likeness (QED) is 0.248. The van der Waals surface area contributed by atoms with E-state index in [4.69, 9.17) is 4.74 Å². The fourth-order valence-corrected chi connectivity index (χ4v) is 5.37. The van der Waals surface area contributed by atoms with Crippen LogP contribution in [0.5, 0.6) is 0 Å². The first-order valence-electron chi connectivity index (χ1n) is 11.6. The van der Waals surface area contributed by atoms with Crippen molar-refractivity contribution in [2.24, 2.45) is 16.1 Å². The highest BCUT2D eigenvalue weighted by Crippen LogP contribution is 2.26. The van der Waals surface area contributed by atoms with Crippen LogP contribution in [0.1, 0.15) is 40.0 Å². The molecule has 3 rings (SSSR count). The predicted octanol–water partition coefficient (Wildman–Crippen LogP) is 6.01. The summed E-state index contributed by atoms with van der Waals surface area (Å²) in [5.41, 5.74) is 2.81. The number of ether oxygens (including phenoxy) is 1. The van der Waals surface area contributed by atoms with Gasteiger partial charge in [-0.15, -0.1) is 0 Å². The Morgan fingerprint density at radius 2 is 1.59 bits per heavy atom. The fourth-order valence-electron chi connectivity index (χ4n) is 3.64. The summed E-state index contributed by atoms with van der Waals surface area (Å²) in [6.07, 6.45) is 2.32. The lowest BCUT2D eigenvalue weighted by Gasteiger charge is -2.33. The van der Waals surface area contributed by atoms with Crippen molar-refractivity contribution in [1.82, 2.24) is 0 Å². The average molecular weight is 484 g/mol. The van der Waals surface area contributed by atoms with Crippen molar-refractivity contribution < 1.29 is 17.9 Å². The van der Waals surface area contributed by atoms with Gasteiger partial charge in [0.05, 0.1) is 22.0 Å². The molecule has 1 heterocycles. The minimum Gasteiger partial charge on any atom is -0.459 e. The number of nitrogens with zero attached hydrogens (tertiary/aromatic N) is 3. The molecule has 1 aliphatic heterocycles. The van der Waals surface area contributed by atoms with Crippen molar-refractivity contribution in [2.75, 3.05) is 23.7 Å². The van der Waals surface area contributed by atoms with Gasteiger partial charge in [0.25, 0.3) is 0 Å². The summed E-state index contributed by atoms with van der Waals surface area (Å²) < 4.78 is 30.4. The van der Waals surface area contributed by atoms with Gasteiger partial charge in [-0.3, -0.25) is 0 Å². The standard InChI is InChI=1S/C26H33N3O4S/c1-5-20(4)18-34(31,32)25-12-8-22(9-13-25)28-27-21-6-10-23(11-7-21)29-16-14-24(15-17-29)33-26(30)19(2)3/h6-13,20,24H,2,5,14-18H2,1,3-4H3/t20-/m1/s1. The number of piperidine rings is 1. The van der Waals surface area contributed by atoms with Crippen molar-refractivity contribution in [3.63, 3.8) is 0 Å². The van der Waals surface area contributed by atoms with E-state index in [1.807, 2.05) is 38.1 Å². The van der Waals surface area contributed by atoms with Gasteiger partial charge < -0.3 is 9.64 Å². The van der Waals surface area contributed by atoms with Crippen LogP contribution in [0.3, 0.4) is 0 Å². The summed E-state index contributed by atoms with van der Waals surface area (Å²) in [6.45, 7) is 10.8. The molecule has 0 aliphatic carbocycles. The average Bonchev–Trinajstić information content (AvgIpc) is 2.83. The normalized spacial score (nSPS) is 15.9. The molecule has 0 amide bonds. The second-order valence-corrected chi connectivity index (χ2v) is 10.9. The van der Waals surface area contributed by atoms with Gasteiger partial charge in [0.15, 0.2) is 9.84 Å². The van der Waals surface area contributed by atoms with Gasteiger partial charge in [-0.1, -0.05) is 26.8 Å². The molecular formula is C26H33N3O4S. The number of rotatable bonds is 9. The Kier molecular flexibility index (Phi) is 8.61. The highest BCUT2D eigenvalue weighted by Gasteiger charge is 2.22. The van der Waals surface area contributed by atoms with Crippen LogP contribution in [0.25, 0.3) is 0 Å². The number of sulfone groups is 1. The summed E-state index contributed by atoms with van der Waals surface area (Å²) in [6, 6.07) is 14.3. The molecule has 1 saturated heterocycles. The van der Waals surface area contributed by atoms with E-state index in [9.17, 15) is 13.2 Å². The topological polar surface area (TPSA) is 88.4 Å². The van der Waals surface area contributed by atoms with Gasteiger partial charge in [0.1, 0.15) is 6.10 Å². The zero-order valence-corrected chi connectivity index (χ0v) is 20.9. The summed E-state index contributed by atoms with van der Waals surface area (Å²) in [5, 5.41) is 8.50. The van der Waals surface area contributed by atoms with Gasteiger partial charge in [-0.2, -0.15) is 10.2 Å². The summed E-state index contributed by atoms with van der Waals surface area (Å²) in [4.78, 5) is 14.3. The number of carbonyl (C=O) groups excluding carboxylic acids is 1. The molecular weight excluding hydrogens is 450 g/mol. The molecule has 1 atom stereocenters. The van der Waals surface area contributed by atoms with E-state index in [1.165, 1.54) is 0 Å². The SMILES string of the molecule is C=C(C)C(=O)OC1CCN(c2ccc(N=Nc3ccc(S(=O)(=O)C[C@H](C)CC)cc3)cc2)CC1. The zero-order chi connectivity index (χ0) is 24.7. The molecule has 1 fully saturated rings. The van der Waals surface area contributed by atoms with Gasteiger partial charge in [-0.05, 0) is 61.4 Å². The second-order valence-electron chi connectivity index (χ2n) is 8.88. The van der Waals surface area contributed by atoms with E-state index in [2.05, 4.69) is 21.7 Å². The molecule has 182 valence electrons. The van der Waals surface area contributed by atoms with E-state index < -0.39 is 9.84 Å². The van der Waals surface area contributed by atoms with Crippen LogP contribution in [-0.2, 0) is 19.4 Å². The molecule has 0 bridgehead atoms. The molecule has 2 aromatic carbocycles. The van der Waals surface area contributed by atoms with Gasteiger partial charge in [-0.25, -0.2) is 13.2 Å². The Morgan fingerprint density at radius 1 is 1.06 bits per heavy atom. The molecule has 0 spiro atoms. The lowest BCUT2D eigenvalue weighted by Crippen LogP contribution is -2.37. The fraction of sp³-hybridized carbons (Fsp3) is 0.423. The predicted molar refractivity (Wildman–Crippen MR) is 135 cm³/mol. The first-order valence-corrected chi connectivity index (χ1v) is 13.3. The third-order valence-electron chi connectivity index (χ3n) is 5.96. The van der Waals surface area contributed by atoms with Crippen LogP contribution in [-0.4, -0.2) is 39.3 Å². The Morgan fingerprint density at radius 3 is 2.09 bits per heavy atom. The van der Waals surface area contributed by atoms with Crippen molar-refractivity contribution in [3.05, 3.63) is 60.7 Å². The molecule has 34 heavy (non-hydrogen) atoms. The lowest BCUT2D eigenvalue weighted by atomic mass is 10.1. The van der Waals surface area contributed by atoms with E-state index in [1.54, 1.807) is 31.2 Å². The maximum Gasteiger partial charge on any atom is 0.333 e. The van der Waals surface area contributed by atoms with Crippen LogP contribution in [0.4, 0.5) is 17.1 Å². The van der Waals surface area contributed by atoms with E-state index in [0.717, 1.165) is 38.0 Å². The maximum atomic E-state index is 12.5. The smallest absolute Gasteiger partial charge is 0.333 e. The molecule has 7 nitrogen and oxygen atoms in total. The molecule has 0 radical (unpaired) electrons. The van der Waals surface area contributed by atoms with Crippen LogP contribution < -0.4 is 4.90 Å².